The van der Waals surface area contributed by atoms with Gasteiger partial charge < -0.3 is 14.5 Å². The van der Waals surface area contributed by atoms with Gasteiger partial charge in [0.1, 0.15) is 5.58 Å². The van der Waals surface area contributed by atoms with Gasteiger partial charge in [-0.1, -0.05) is 24.3 Å². The molecular weight excluding hydrogens is 290 g/mol. The van der Waals surface area contributed by atoms with E-state index in [2.05, 4.69) is 11.9 Å². The molecule has 0 saturated heterocycles. The fourth-order valence-corrected chi connectivity index (χ4v) is 2.74. The first-order valence-electron chi connectivity index (χ1n) is 7.59. The lowest BCUT2D eigenvalue weighted by Gasteiger charge is -2.10. The molecule has 0 spiro atoms. The number of benzene rings is 2. The molecular formula is C19H19NO3. The fourth-order valence-electron chi connectivity index (χ4n) is 2.74. The maximum atomic E-state index is 12.9. The summed E-state index contributed by atoms with van der Waals surface area (Å²) in [6, 6.07) is 11.1. The van der Waals surface area contributed by atoms with Gasteiger partial charge in [-0.3, -0.25) is 4.79 Å². The monoisotopic (exact) mass is 309 g/mol. The Morgan fingerprint density at radius 3 is 2.87 bits per heavy atom. The molecule has 0 bridgehead atoms. The SMILES string of the molecule is C=CCNCCc1ccc(OC)c2oc3ccccc3c(=O)c12. The van der Waals surface area contributed by atoms with Crippen molar-refractivity contribution in [1.29, 1.82) is 0 Å². The number of rotatable bonds is 6. The molecule has 1 N–H and O–H groups in total. The summed E-state index contributed by atoms with van der Waals surface area (Å²) in [7, 11) is 1.58. The summed E-state index contributed by atoms with van der Waals surface area (Å²) in [4.78, 5) is 12.9. The van der Waals surface area contributed by atoms with E-state index >= 15 is 0 Å². The van der Waals surface area contributed by atoms with Crippen LogP contribution in [0.1, 0.15) is 5.56 Å². The summed E-state index contributed by atoms with van der Waals surface area (Å²) in [5, 5.41) is 4.44. The van der Waals surface area contributed by atoms with E-state index in [1.54, 1.807) is 19.2 Å². The van der Waals surface area contributed by atoms with Crippen LogP contribution in [0.25, 0.3) is 21.9 Å². The largest absolute Gasteiger partial charge is 0.493 e. The van der Waals surface area contributed by atoms with Crippen LogP contribution in [0.3, 0.4) is 0 Å². The maximum absolute atomic E-state index is 12.9. The molecule has 0 aliphatic heterocycles. The molecule has 2 aromatic carbocycles. The Balaban J connectivity index is 2.19. The number of ether oxygens (including phenoxy) is 1. The number of methoxy groups -OCH3 is 1. The summed E-state index contributed by atoms with van der Waals surface area (Å²) >= 11 is 0. The van der Waals surface area contributed by atoms with Gasteiger partial charge in [0.05, 0.1) is 17.9 Å². The highest BCUT2D eigenvalue weighted by atomic mass is 16.5. The zero-order chi connectivity index (χ0) is 16.2. The summed E-state index contributed by atoms with van der Waals surface area (Å²) in [5.41, 5.74) is 2.03. The summed E-state index contributed by atoms with van der Waals surface area (Å²) in [6.07, 6.45) is 2.55. The molecule has 4 nitrogen and oxygen atoms in total. The molecule has 0 aliphatic rings. The number of hydrogen-bond acceptors (Lipinski definition) is 4. The molecule has 4 heteroatoms. The number of hydrogen-bond donors (Lipinski definition) is 1. The normalized spacial score (nSPS) is 11.0. The highest BCUT2D eigenvalue weighted by molar-refractivity contribution is 5.94. The summed E-state index contributed by atoms with van der Waals surface area (Å²) < 4.78 is 11.3. The third-order valence-corrected chi connectivity index (χ3v) is 3.86. The van der Waals surface area contributed by atoms with E-state index in [9.17, 15) is 4.79 Å². The Hall–Kier alpha value is -2.59. The predicted octanol–water partition coefficient (Wildman–Crippen LogP) is 3.27. The molecule has 0 radical (unpaired) electrons. The molecule has 118 valence electrons. The van der Waals surface area contributed by atoms with Crippen LogP contribution in [-0.2, 0) is 6.42 Å². The third kappa shape index (κ3) is 2.85. The van der Waals surface area contributed by atoms with Crippen molar-refractivity contribution in [2.24, 2.45) is 0 Å². The average Bonchev–Trinajstić information content (AvgIpc) is 2.59. The van der Waals surface area contributed by atoms with Gasteiger partial charge in [-0.15, -0.1) is 6.58 Å². The fraction of sp³-hybridized carbons (Fsp3) is 0.211. The molecule has 23 heavy (non-hydrogen) atoms. The van der Waals surface area contributed by atoms with Crippen LogP contribution in [0.5, 0.6) is 5.75 Å². The molecule has 0 fully saturated rings. The molecule has 1 aromatic heterocycles. The maximum Gasteiger partial charge on any atom is 0.200 e. The second-order valence-electron chi connectivity index (χ2n) is 5.30. The van der Waals surface area contributed by atoms with E-state index < -0.39 is 0 Å². The smallest absolute Gasteiger partial charge is 0.200 e. The standard InChI is InChI=1S/C19H19NO3/c1-3-11-20-12-10-13-8-9-16(22-2)19-17(13)18(21)14-6-4-5-7-15(14)23-19/h3-9,20H,1,10-12H2,2H3. The Morgan fingerprint density at radius 1 is 1.26 bits per heavy atom. The van der Waals surface area contributed by atoms with Crippen molar-refractivity contribution in [1.82, 2.24) is 5.32 Å². The predicted molar refractivity (Wildman–Crippen MR) is 93.3 cm³/mol. The van der Waals surface area contributed by atoms with Crippen molar-refractivity contribution < 1.29 is 9.15 Å². The quantitative estimate of drug-likeness (QED) is 0.431. The molecule has 0 amide bonds. The second-order valence-corrected chi connectivity index (χ2v) is 5.30. The third-order valence-electron chi connectivity index (χ3n) is 3.86. The first-order chi connectivity index (χ1) is 11.3. The highest BCUT2D eigenvalue weighted by Crippen LogP contribution is 2.29. The number of nitrogens with one attached hydrogen (secondary N) is 1. The van der Waals surface area contributed by atoms with Crippen LogP contribution >= 0.6 is 0 Å². The van der Waals surface area contributed by atoms with Gasteiger partial charge in [0.15, 0.2) is 11.3 Å². The minimum absolute atomic E-state index is 0.0144. The van der Waals surface area contributed by atoms with E-state index in [0.717, 1.165) is 25.1 Å². The van der Waals surface area contributed by atoms with Gasteiger partial charge in [0, 0.05) is 6.54 Å². The Labute approximate surface area is 134 Å². The van der Waals surface area contributed by atoms with E-state index in [0.29, 0.717) is 27.7 Å². The minimum atomic E-state index is -0.0144. The van der Waals surface area contributed by atoms with Crippen molar-refractivity contribution in [3.63, 3.8) is 0 Å². The van der Waals surface area contributed by atoms with Crippen LogP contribution in [0.4, 0.5) is 0 Å². The van der Waals surface area contributed by atoms with Crippen LogP contribution in [0, 0.1) is 0 Å². The Kier molecular flexibility index (Phi) is 4.44. The van der Waals surface area contributed by atoms with Crippen LogP contribution in [0.15, 0.2) is 58.3 Å². The van der Waals surface area contributed by atoms with Gasteiger partial charge >= 0.3 is 0 Å². The van der Waals surface area contributed by atoms with E-state index in [-0.39, 0.29) is 5.43 Å². The second kappa shape index (κ2) is 6.67. The molecule has 0 saturated carbocycles. The van der Waals surface area contributed by atoms with Gasteiger partial charge in [-0.25, -0.2) is 0 Å². The van der Waals surface area contributed by atoms with Crippen molar-refractivity contribution in [2.45, 2.75) is 6.42 Å². The molecule has 0 aliphatic carbocycles. The van der Waals surface area contributed by atoms with Crippen molar-refractivity contribution in [3.05, 3.63) is 64.8 Å². The molecule has 0 unspecified atom stereocenters. The number of fused-ring (bicyclic) bond motifs is 2. The average molecular weight is 309 g/mol. The number of para-hydroxylation sites is 1. The van der Waals surface area contributed by atoms with Crippen molar-refractivity contribution >= 4 is 21.9 Å². The first-order valence-corrected chi connectivity index (χ1v) is 7.59. The molecule has 0 atom stereocenters. The van der Waals surface area contributed by atoms with Crippen LogP contribution in [-0.4, -0.2) is 20.2 Å². The van der Waals surface area contributed by atoms with Crippen LogP contribution < -0.4 is 15.5 Å². The highest BCUT2D eigenvalue weighted by Gasteiger charge is 2.15. The minimum Gasteiger partial charge on any atom is -0.493 e. The zero-order valence-corrected chi connectivity index (χ0v) is 13.1. The van der Waals surface area contributed by atoms with Gasteiger partial charge in [0.2, 0.25) is 5.43 Å². The summed E-state index contributed by atoms with van der Waals surface area (Å²) in [5.74, 6) is 0.575. The topological polar surface area (TPSA) is 51.5 Å². The van der Waals surface area contributed by atoms with Crippen molar-refractivity contribution in [2.75, 3.05) is 20.2 Å². The lowest BCUT2D eigenvalue weighted by atomic mass is 10.0. The lowest BCUT2D eigenvalue weighted by molar-refractivity contribution is 0.411. The first kappa shape index (κ1) is 15.3. The lowest BCUT2D eigenvalue weighted by Crippen LogP contribution is -2.18. The van der Waals surface area contributed by atoms with Crippen LogP contribution in [0.2, 0.25) is 0 Å². The summed E-state index contributed by atoms with van der Waals surface area (Å²) in [6.45, 7) is 5.19. The van der Waals surface area contributed by atoms with E-state index in [1.807, 2.05) is 30.3 Å². The van der Waals surface area contributed by atoms with E-state index in [1.165, 1.54) is 0 Å². The van der Waals surface area contributed by atoms with Gasteiger partial charge in [-0.05, 0) is 36.7 Å². The van der Waals surface area contributed by atoms with E-state index in [4.69, 9.17) is 9.15 Å². The Morgan fingerprint density at radius 2 is 2.09 bits per heavy atom. The molecule has 3 rings (SSSR count). The zero-order valence-electron chi connectivity index (χ0n) is 13.1. The molecule has 3 aromatic rings. The van der Waals surface area contributed by atoms with Gasteiger partial charge in [-0.2, -0.15) is 0 Å². The molecule has 1 heterocycles. The van der Waals surface area contributed by atoms with Crippen molar-refractivity contribution in [3.8, 4) is 5.75 Å². The van der Waals surface area contributed by atoms with Gasteiger partial charge in [0.25, 0.3) is 0 Å². The Bertz CT molecular complexity index is 912.